The quantitative estimate of drug-likeness (QED) is 0.416. The summed E-state index contributed by atoms with van der Waals surface area (Å²) >= 11 is 0. The van der Waals surface area contributed by atoms with Crippen molar-refractivity contribution < 1.29 is 9.29 Å². The van der Waals surface area contributed by atoms with E-state index in [1.54, 1.807) is 0 Å². The van der Waals surface area contributed by atoms with Crippen LogP contribution in [-0.2, 0) is 0 Å². The first kappa shape index (κ1) is 6.22. The van der Waals surface area contributed by atoms with E-state index >= 15 is 0 Å². The molecule has 3 aromatic heterocycles. The van der Waals surface area contributed by atoms with Crippen LogP contribution in [0, 0.1) is 4.91 Å². The number of hydrogen-bond acceptors (Lipinski definition) is 6. The zero-order chi connectivity index (χ0) is 8.84. The van der Waals surface area contributed by atoms with Crippen LogP contribution < -0.4 is 4.66 Å². The number of rotatable bonds is 0. The summed E-state index contributed by atoms with van der Waals surface area (Å²) in [4.78, 5) is 18.5. The Morgan fingerprint density at radius 2 is 1.62 bits per heavy atom. The van der Waals surface area contributed by atoms with Gasteiger partial charge in [-0.3, -0.25) is 4.63 Å². The Kier molecular flexibility index (Phi) is 0.902. The van der Waals surface area contributed by atoms with Gasteiger partial charge in [-0.05, 0) is 0 Å². The third kappa shape index (κ3) is 0.745. The molecule has 0 saturated heterocycles. The zero-order valence-corrected chi connectivity index (χ0v) is 6.05. The van der Waals surface area contributed by atoms with Crippen molar-refractivity contribution in [3.05, 3.63) is 4.91 Å². The predicted molar refractivity (Wildman–Crippen MR) is 37.0 cm³/mol. The van der Waals surface area contributed by atoms with Crippen molar-refractivity contribution in [1.82, 2.24) is 30.5 Å². The highest BCUT2D eigenvalue weighted by Crippen LogP contribution is 2.06. The second kappa shape index (κ2) is 1.88. The van der Waals surface area contributed by atoms with E-state index < -0.39 is 0 Å². The lowest BCUT2D eigenvalue weighted by Gasteiger charge is -1.79. The van der Waals surface area contributed by atoms with E-state index in [1.165, 1.54) is 0 Å². The van der Waals surface area contributed by atoms with Crippen molar-refractivity contribution in [2.75, 3.05) is 0 Å². The second-order valence-corrected chi connectivity index (χ2v) is 2.33. The van der Waals surface area contributed by atoms with Crippen molar-refractivity contribution in [3.8, 4) is 0 Å². The lowest BCUT2D eigenvalue weighted by Crippen LogP contribution is -2.17. The normalized spacial score (nSPS) is 11.4. The van der Waals surface area contributed by atoms with Crippen LogP contribution >= 0.6 is 0 Å². The lowest BCUT2D eigenvalue weighted by atomic mass is 10.6. The summed E-state index contributed by atoms with van der Waals surface area (Å²) in [6.07, 6.45) is 0. The maximum Gasteiger partial charge on any atom is 0.315 e. The molecule has 0 atom stereocenters. The molecular formula is C4H2N7O2+. The van der Waals surface area contributed by atoms with Crippen LogP contribution in [0.25, 0.3) is 22.6 Å². The van der Waals surface area contributed by atoms with Crippen LogP contribution in [0.4, 0.5) is 0 Å². The first-order valence-corrected chi connectivity index (χ1v) is 3.33. The number of aromatic nitrogens is 7. The SMILES string of the molecule is O=[n+]1nc2nc3[nH]o[nH]c3nc2n1. The van der Waals surface area contributed by atoms with Crippen LogP contribution in [0.2, 0.25) is 0 Å². The molecule has 0 amide bonds. The van der Waals surface area contributed by atoms with Crippen LogP contribution in [0.5, 0.6) is 0 Å². The summed E-state index contributed by atoms with van der Waals surface area (Å²) in [6, 6.07) is 0. The van der Waals surface area contributed by atoms with E-state index in [2.05, 4.69) is 35.1 Å². The molecule has 3 aromatic rings. The van der Waals surface area contributed by atoms with Gasteiger partial charge in [0.25, 0.3) is 11.3 Å². The average Bonchev–Trinajstić information content (AvgIpc) is 2.63. The highest BCUT2D eigenvalue weighted by atomic mass is 16.6. The van der Waals surface area contributed by atoms with E-state index in [9.17, 15) is 4.91 Å². The van der Waals surface area contributed by atoms with Crippen molar-refractivity contribution in [1.29, 1.82) is 0 Å². The minimum Gasteiger partial charge on any atom is -0.293 e. The zero-order valence-electron chi connectivity index (χ0n) is 6.05. The van der Waals surface area contributed by atoms with Gasteiger partial charge in [0.1, 0.15) is 10.2 Å². The fourth-order valence-electron chi connectivity index (χ4n) is 1.00. The molecule has 0 unspecified atom stereocenters. The molecule has 0 spiro atoms. The topological polar surface area (TPSA) is 119 Å². The van der Waals surface area contributed by atoms with Crippen LogP contribution in [0.15, 0.2) is 4.63 Å². The summed E-state index contributed by atoms with van der Waals surface area (Å²) in [5, 5.41) is 11.8. The number of H-pyrrole nitrogens is 2. The molecule has 64 valence electrons. The molecule has 0 aliphatic carbocycles. The fourth-order valence-corrected chi connectivity index (χ4v) is 1.00. The summed E-state index contributed by atoms with van der Waals surface area (Å²) in [6.45, 7) is 0. The Bertz CT molecular complexity index is 581. The highest BCUT2D eigenvalue weighted by Gasteiger charge is 2.14. The molecule has 0 aliphatic heterocycles. The number of nitrogens with zero attached hydrogens (tertiary/aromatic N) is 5. The Hall–Kier alpha value is -2.32. The summed E-state index contributed by atoms with van der Waals surface area (Å²) < 4.78 is 4.79. The number of fused-ring (bicyclic) bond motifs is 2. The number of hydrogen-bond donors (Lipinski definition) is 2. The third-order valence-corrected chi connectivity index (χ3v) is 1.52. The van der Waals surface area contributed by atoms with Gasteiger partial charge in [0.05, 0.1) is 4.91 Å². The fraction of sp³-hybridized carbons (Fsp3) is 0. The largest absolute Gasteiger partial charge is 0.315 e. The minimum absolute atomic E-state index is 0.167. The van der Waals surface area contributed by atoms with Gasteiger partial charge < -0.3 is 0 Å². The Balaban J connectivity index is 2.62. The first-order valence-electron chi connectivity index (χ1n) is 3.33. The molecule has 13 heavy (non-hydrogen) atoms. The third-order valence-electron chi connectivity index (χ3n) is 1.52. The van der Waals surface area contributed by atoms with Crippen molar-refractivity contribution in [3.63, 3.8) is 0 Å². The van der Waals surface area contributed by atoms with Crippen molar-refractivity contribution >= 4 is 22.6 Å². The van der Waals surface area contributed by atoms with Crippen LogP contribution in [0.1, 0.15) is 0 Å². The molecule has 9 nitrogen and oxygen atoms in total. The van der Waals surface area contributed by atoms with Gasteiger partial charge in [-0.15, -0.1) is 0 Å². The van der Waals surface area contributed by atoms with Gasteiger partial charge in [0, 0.05) is 0 Å². The van der Waals surface area contributed by atoms with E-state index in [0.717, 1.165) is 0 Å². The first-order chi connectivity index (χ1) is 6.33. The average molecular weight is 180 g/mol. The maximum absolute atomic E-state index is 10.7. The molecular weight excluding hydrogens is 178 g/mol. The Labute approximate surface area is 68.3 Å². The van der Waals surface area contributed by atoms with Gasteiger partial charge in [-0.1, -0.05) is 0 Å². The smallest absolute Gasteiger partial charge is 0.293 e. The van der Waals surface area contributed by atoms with Crippen molar-refractivity contribution in [2.24, 2.45) is 0 Å². The van der Waals surface area contributed by atoms with Crippen molar-refractivity contribution in [2.45, 2.75) is 0 Å². The van der Waals surface area contributed by atoms with Crippen LogP contribution in [0.3, 0.4) is 0 Å². The van der Waals surface area contributed by atoms with Crippen LogP contribution in [-0.4, -0.2) is 30.5 Å². The van der Waals surface area contributed by atoms with E-state index in [0.29, 0.717) is 11.3 Å². The van der Waals surface area contributed by atoms with Gasteiger partial charge in [-0.2, -0.15) is 20.3 Å². The standard InChI is InChI=1S/C4H2N7O2/c12-11-7-1-2(8-11)6-4-3(5-1)9-13-10-4/h(H2,5,6,7,8,9,10,12)/q+1. The van der Waals surface area contributed by atoms with Gasteiger partial charge in [0.2, 0.25) is 11.3 Å². The summed E-state index contributed by atoms with van der Waals surface area (Å²) in [5.74, 6) is 0. The molecule has 0 saturated carbocycles. The van der Waals surface area contributed by atoms with Gasteiger partial charge in [-0.25, -0.2) is 0 Å². The molecule has 0 radical (unpaired) electrons. The molecule has 0 aliphatic rings. The van der Waals surface area contributed by atoms with E-state index in [1.807, 2.05) is 0 Å². The minimum atomic E-state index is 0.167. The maximum atomic E-state index is 10.7. The Morgan fingerprint density at radius 3 is 2.15 bits per heavy atom. The molecule has 2 N–H and O–H groups in total. The molecule has 0 fully saturated rings. The van der Waals surface area contributed by atoms with Gasteiger partial charge >= 0.3 is 4.66 Å². The molecule has 9 heteroatoms. The molecule has 3 rings (SSSR count). The monoisotopic (exact) mass is 180 g/mol. The summed E-state index contributed by atoms with van der Waals surface area (Å²) in [7, 11) is 0. The highest BCUT2D eigenvalue weighted by molar-refractivity contribution is 5.75. The second-order valence-electron chi connectivity index (χ2n) is 2.33. The van der Waals surface area contributed by atoms with E-state index in [-0.39, 0.29) is 16.0 Å². The molecule has 3 heterocycles. The predicted octanol–water partition coefficient (Wildman–Crippen LogP) is -1.26. The molecule has 0 aromatic carbocycles. The van der Waals surface area contributed by atoms with Gasteiger partial charge in [0.15, 0.2) is 0 Å². The summed E-state index contributed by atoms with van der Waals surface area (Å²) in [5.41, 5.74) is 1.11. The number of aromatic amines is 2. The van der Waals surface area contributed by atoms with E-state index in [4.69, 9.17) is 0 Å². The number of nitrogens with one attached hydrogen (secondary N) is 2. The molecule has 0 bridgehead atoms. The Morgan fingerprint density at radius 1 is 1.08 bits per heavy atom. The lowest BCUT2D eigenvalue weighted by molar-refractivity contribution is -0.619.